The van der Waals surface area contributed by atoms with Gasteiger partial charge in [-0.25, -0.2) is 0 Å². The van der Waals surface area contributed by atoms with E-state index in [1.165, 1.54) is 0 Å². The second-order valence-electron chi connectivity index (χ2n) is 5.25. The van der Waals surface area contributed by atoms with Crippen LogP contribution in [0.15, 0.2) is 30.5 Å². The lowest BCUT2D eigenvalue weighted by atomic mass is 9.93. The zero-order valence-corrected chi connectivity index (χ0v) is 10.8. The fourth-order valence-electron chi connectivity index (χ4n) is 2.74. The molecule has 0 amide bonds. The number of fused-ring (bicyclic) bond motifs is 1. The summed E-state index contributed by atoms with van der Waals surface area (Å²) in [5.41, 5.74) is 8.87. The summed E-state index contributed by atoms with van der Waals surface area (Å²) in [6.07, 6.45) is 5.37. The Morgan fingerprint density at radius 2 is 1.95 bits per heavy atom. The van der Waals surface area contributed by atoms with Crippen LogP contribution in [0.4, 0.5) is 11.4 Å². The Labute approximate surface area is 112 Å². The van der Waals surface area contributed by atoms with Crippen molar-refractivity contribution in [2.45, 2.75) is 37.8 Å². The SMILES string of the molecule is Nc1c(NC2CCC(O)CC2)ccc2ncccc12. The zero-order valence-electron chi connectivity index (χ0n) is 10.8. The van der Waals surface area contributed by atoms with Crippen molar-refractivity contribution in [1.82, 2.24) is 4.98 Å². The van der Waals surface area contributed by atoms with Gasteiger partial charge < -0.3 is 16.2 Å². The number of nitrogens with one attached hydrogen (secondary N) is 1. The van der Waals surface area contributed by atoms with Gasteiger partial charge >= 0.3 is 0 Å². The number of aromatic nitrogens is 1. The number of anilines is 2. The first-order chi connectivity index (χ1) is 9.24. The summed E-state index contributed by atoms with van der Waals surface area (Å²) in [5.74, 6) is 0. The predicted octanol–water partition coefficient (Wildman–Crippen LogP) is 2.53. The third kappa shape index (κ3) is 2.49. The molecule has 1 heterocycles. The van der Waals surface area contributed by atoms with Crippen molar-refractivity contribution in [3.8, 4) is 0 Å². The van der Waals surface area contributed by atoms with E-state index in [-0.39, 0.29) is 6.10 Å². The van der Waals surface area contributed by atoms with Gasteiger partial charge in [0.2, 0.25) is 0 Å². The monoisotopic (exact) mass is 257 g/mol. The molecular weight excluding hydrogens is 238 g/mol. The fourth-order valence-corrected chi connectivity index (χ4v) is 2.74. The summed E-state index contributed by atoms with van der Waals surface area (Å²) in [4.78, 5) is 4.30. The number of hydrogen-bond donors (Lipinski definition) is 3. The van der Waals surface area contributed by atoms with Gasteiger partial charge in [0.05, 0.1) is 23.0 Å². The van der Waals surface area contributed by atoms with E-state index in [4.69, 9.17) is 5.73 Å². The summed E-state index contributed by atoms with van der Waals surface area (Å²) in [5, 5.41) is 14.0. The van der Waals surface area contributed by atoms with E-state index in [1.807, 2.05) is 24.3 Å². The number of pyridine rings is 1. The van der Waals surface area contributed by atoms with Gasteiger partial charge in [-0.1, -0.05) is 0 Å². The normalized spacial score (nSPS) is 23.4. The average Bonchev–Trinajstić information content (AvgIpc) is 2.45. The van der Waals surface area contributed by atoms with Crippen LogP contribution in [0.25, 0.3) is 10.9 Å². The summed E-state index contributed by atoms with van der Waals surface area (Å²) in [6, 6.07) is 8.29. The molecule has 3 rings (SSSR count). The van der Waals surface area contributed by atoms with E-state index in [0.717, 1.165) is 48.0 Å². The molecule has 0 spiro atoms. The number of nitrogens with two attached hydrogens (primary N) is 1. The molecule has 1 fully saturated rings. The highest BCUT2D eigenvalue weighted by Gasteiger charge is 2.19. The van der Waals surface area contributed by atoms with Crippen LogP contribution in [0.3, 0.4) is 0 Å². The van der Waals surface area contributed by atoms with Crippen molar-refractivity contribution in [2.24, 2.45) is 0 Å². The maximum Gasteiger partial charge on any atom is 0.0724 e. The van der Waals surface area contributed by atoms with Gasteiger partial charge in [0.1, 0.15) is 0 Å². The molecule has 4 nitrogen and oxygen atoms in total. The molecule has 0 aliphatic heterocycles. The fraction of sp³-hybridized carbons (Fsp3) is 0.400. The minimum atomic E-state index is -0.129. The molecule has 0 bridgehead atoms. The molecule has 1 aliphatic rings. The van der Waals surface area contributed by atoms with E-state index in [0.29, 0.717) is 6.04 Å². The first kappa shape index (κ1) is 12.2. The van der Waals surface area contributed by atoms with Crippen molar-refractivity contribution < 1.29 is 5.11 Å². The van der Waals surface area contributed by atoms with Gasteiger partial charge in [-0.05, 0) is 49.9 Å². The van der Waals surface area contributed by atoms with Crippen molar-refractivity contribution in [3.05, 3.63) is 30.5 Å². The van der Waals surface area contributed by atoms with Crippen LogP contribution in [0, 0.1) is 0 Å². The van der Waals surface area contributed by atoms with Crippen LogP contribution in [0.2, 0.25) is 0 Å². The minimum absolute atomic E-state index is 0.129. The van der Waals surface area contributed by atoms with Gasteiger partial charge in [-0.3, -0.25) is 4.98 Å². The Morgan fingerprint density at radius 3 is 2.74 bits per heavy atom. The van der Waals surface area contributed by atoms with Gasteiger partial charge in [-0.15, -0.1) is 0 Å². The van der Waals surface area contributed by atoms with Gasteiger partial charge in [-0.2, -0.15) is 0 Å². The minimum Gasteiger partial charge on any atom is -0.397 e. The number of nitrogens with zero attached hydrogens (tertiary/aromatic N) is 1. The molecule has 100 valence electrons. The lowest BCUT2D eigenvalue weighted by Crippen LogP contribution is -2.28. The summed E-state index contributed by atoms with van der Waals surface area (Å²) in [6.45, 7) is 0. The third-order valence-electron chi connectivity index (χ3n) is 3.88. The second-order valence-corrected chi connectivity index (χ2v) is 5.25. The molecule has 1 saturated carbocycles. The highest BCUT2D eigenvalue weighted by Crippen LogP contribution is 2.30. The van der Waals surface area contributed by atoms with E-state index >= 15 is 0 Å². The van der Waals surface area contributed by atoms with E-state index in [2.05, 4.69) is 10.3 Å². The van der Waals surface area contributed by atoms with Crippen LogP contribution < -0.4 is 11.1 Å². The quantitative estimate of drug-likeness (QED) is 0.723. The first-order valence-corrected chi connectivity index (χ1v) is 6.82. The van der Waals surface area contributed by atoms with Crippen molar-refractivity contribution >= 4 is 22.3 Å². The smallest absolute Gasteiger partial charge is 0.0724 e. The molecule has 1 aromatic carbocycles. The molecule has 1 aliphatic carbocycles. The van der Waals surface area contributed by atoms with E-state index < -0.39 is 0 Å². The van der Waals surface area contributed by atoms with Crippen molar-refractivity contribution in [3.63, 3.8) is 0 Å². The maximum atomic E-state index is 9.53. The number of hydrogen-bond acceptors (Lipinski definition) is 4. The molecule has 0 radical (unpaired) electrons. The van der Waals surface area contributed by atoms with E-state index in [1.54, 1.807) is 6.20 Å². The molecule has 1 aromatic heterocycles. The average molecular weight is 257 g/mol. The molecule has 0 saturated heterocycles. The summed E-state index contributed by atoms with van der Waals surface area (Å²) < 4.78 is 0. The zero-order chi connectivity index (χ0) is 13.2. The number of nitrogen functional groups attached to an aromatic ring is 1. The Bertz CT molecular complexity index is 577. The maximum absolute atomic E-state index is 9.53. The summed E-state index contributed by atoms with van der Waals surface area (Å²) in [7, 11) is 0. The predicted molar refractivity (Wildman–Crippen MR) is 78.0 cm³/mol. The molecule has 0 atom stereocenters. The van der Waals surface area contributed by atoms with Gasteiger partial charge in [0, 0.05) is 17.6 Å². The van der Waals surface area contributed by atoms with Crippen LogP contribution >= 0.6 is 0 Å². The van der Waals surface area contributed by atoms with Crippen LogP contribution in [-0.2, 0) is 0 Å². The van der Waals surface area contributed by atoms with Crippen LogP contribution in [0.1, 0.15) is 25.7 Å². The topological polar surface area (TPSA) is 71.2 Å². The standard InChI is InChI=1S/C15H19N3O/c16-15-12-2-1-9-17-13(12)7-8-14(15)18-10-3-5-11(19)6-4-10/h1-2,7-11,18-19H,3-6,16H2. The third-order valence-corrected chi connectivity index (χ3v) is 3.88. The van der Waals surface area contributed by atoms with Crippen molar-refractivity contribution in [1.29, 1.82) is 0 Å². The second kappa shape index (κ2) is 5.05. The first-order valence-electron chi connectivity index (χ1n) is 6.82. The van der Waals surface area contributed by atoms with Crippen molar-refractivity contribution in [2.75, 3.05) is 11.1 Å². The molecule has 0 unspecified atom stereocenters. The largest absolute Gasteiger partial charge is 0.397 e. The summed E-state index contributed by atoms with van der Waals surface area (Å²) >= 11 is 0. The van der Waals surface area contributed by atoms with Crippen LogP contribution in [-0.4, -0.2) is 22.2 Å². The van der Waals surface area contributed by atoms with Crippen LogP contribution in [0.5, 0.6) is 0 Å². The lowest BCUT2D eigenvalue weighted by molar-refractivity contribution is 0.126. The Morgan fingerprint density at radius 1 is 1.16 bits per heavy atom. The number of rotatable bonds is 2. The highest BCUT2D eigenvalue weighted by atomic mass is 16.3. The molecule has 4 heteroatoms. The number of aliphatic hydroxyl groups excluding tert-OH is 1. The Balaban J connectivity index is 1.83. The Hall–Kier alpha value is -1.81. The number of aliphatic hydroxyl groups is 1. The van der Waals surface area contributed by atoms with Gasteiger partial charge in [0.15, 0.2) is 0 Å². The lowest BCUT2D eigenvalue weighted by Gasteiger charge is -2.27. The Kier molecular flexibility index (Phi) is 3.25. The molecule has 2 aromatic rings. The molecule has 4 N–H and O–H groups in total. The highest BCUT2D eigenvalue weighted by molar-refractivity contribution is 5.96. The molecule has 19 heavy (non-hydrogen) atoms. The number of benzene rings is 1. The molecular formula is C15H19N3O. The van der Waals surface area contributed by atoms with Gasteiger partial charge in [0.25, 0.3) is 0 Å². The van der Waals surface area contributed by atoms with E-state index in [9.17, 15) is 5.11 Å².